The van der Waals surface area contributed by atoms with E-state index in [4.69, 9.17) is 5.73 Å². The summed E-state index contributed by atoms with van der Waals surface area (Å²) in [6.45, 7) is 5.73. The molecule has 0 spiro atoms. The maximum atomic E-state index is 11.9. The largest absolute Gasteiger partial charge is 0.352 e. The Balaban J connectivity index is 2.01. The van der Waals surface area contributed by atoms with Crippen LogP contribution < -0.4 is 16.4 Å². The lowest BCUT2D eigenvalue weighted by Gasteiger charge is -2.13. The van der Waals surface area contributed by atoms with Crippen LogP contribution in [0.2, 0.25) is 0 Å². The summed E-state index contributed by atoms with van der Waals surface area (Å²) in [6.07, 6.45) is 0. The maximum Gasteiger partial charge on any atom is 0.312 e. The standard InChI is InChI=1S/C18H21N3O2S/c1-11-4-5-12(2)16(10-11)24-15-8-6-14(7-9-15)21-17(22)13(3)20-18(19)23/h4-10,13H,1-3H3,(H,21,22)(H3,19,20,23). The summed E-state index contributed by atoms with van der Waals surface area (Å²) in [7, 11) is 0. The van der Waals surface area contributed by atoms with E-state index >= 15 is 0 Å². The van der Waals surface area contributed by atoms with Crippen LogP contribution in [0.4, 0.5) is 10.5 Å². The fourth-order valence-corrected chi connectivity index (χ4v) is 3.08. The number of primary amides is 1. The summed E-state index contributed by atoms with van der Waals surface area (Å²) in [4.78, 5) is 25.0. The predicted molar refractivity (Wildman–Crippen MR) is 97.3 cm³/mol. The van der Waals surface area contributed by atoms with Gasteiger partial charge < -0.3 is 16.4 Å². The second kappa shape index (κ2) is 7.88. The lowest BCUT2D eigenvalue weighted by atomic mass is 10.2. The molecule has 2 rings (SSSR count). The summed E-state index contributed by atoms with van der Waals surface area (Å²) in [5.41, 5.74) is 8.13. The van der Waals surface area contributed by atoms with Crippen LogP contribution in [-0.2, 0) is 4.79 Å². The third-order valence-electron chi connectivity index (χ3n) is 3.45. The molecule has 3 amide bonds. The van der Waals surface area contributed by atoms with E-state index in [9.17, 15) is 9.59 Å². The molecule has 0 aliphatic carbocycles. The van der Waals surface area contributed by atoms with Gasteiger partial charge in [0.05, 0.1) is 0 Å². The van der Waals surface area contributed by atoms with Gasteiger partial charge in [-0.1, -0.05) is 23.9 Å². The number of carbonyl (C=O) groups is 2. The van der Waals surface area contributed by atoms with Crippen molar-refractivity contribution in [1.82, 2.24) is 5.32 Å². The quantitative estimate of drug-likeness (QED) is 0.777. The Morgan fingerprint density at radius 2 is 1.75 bits per heavy atom. The Hall–Kier alpha value is -2.47. The highest BCUT2D eigenvalue weighted by Crippen LogP contribution is 2.31. The van der Waals surface area contributed by atoms with Crippen molar-refractivity contribution in [2.24, 2.45) is 5.73 Å². The van der Waals surface area contributed by atoms with E-state index in [0.717, 1.165) is 4.90 Å². The number of urea groups is 1. The van der Waals surface area contributed by atoms with Crippen LogP contribution in [0.3, 0.4) is 0 Å². The fraction of sp³-hybridized carbons (Fsp3) is 0.222. The maximum absolute atomic E-state index is 11.9. The van der Waals surface area contributed by atoms with Gasteiger partial charge in [-0.15, -0.1) is 0 Å². The minimum absolute atomic E-state index is 0.316. The Labute approximate surface area is 146 Å². The highest BCUT2D eigenvalue weighted by atomic mass is 32.2. The van der Waals surface area contributed by atoms with E-state index in [2.05, 4.69) is 42.7 Å². The zero-order valence-electron chi connectivity index (χ0n) is 13.9. The SMILES string of the molecule is Cc1ccc(C)c(Sc2ccc(NC(=O)C(C)NC(N)=O)cc2)c1. The number of anilines is 1. The van der Waals surface area contributed by atoms with Gasteiger partial charge in [-0.25, -0.2) is 4.79 Å². The molecule has 6 heteroatoms. The number of hydrogen-bond donors (Lipinski definition) is 3. The molecule has 0 saturated carbocycles. The summed E-state index contributed by atoms with van der Waals surface area (Å²) < 4.78 is 0. The number of nitrogens with two attached hydrogens (primary N) is 1. The molecule has 2 aromatic rings. The van der Waals surface area contributed by atoms with E-state index in [1.54, 1.807) is 18.7 Å². The summed E-state index contributed by atoms with van der Waals surface area (Å²) in [5.74, 6) is -0.316. The van der Waals surface area contributed by atoms with Crippen LogP contribution in [0.15, 0.2) is 52.3 Å². The molecule has 0 aromatic heterocycles. The molecule has 1 atom stereocenters. The highest BCUT2D eigenvalue weighted by Gasteiger charge is 2.14. The van der Waals surface area contributed by atoms with Crippen LogP contribution in [0.1, 0.15) is 18.1 Å². The normalized spacial score (nSPS) is 11.6. The lowest BCUT2D eigenvalue weighted by Crippen LogP contribution is -2.44. The number of carbonyl (C=O) groups excluding carboxylic acids is 2. The molecule has 2 aromatic carbocycles. The molecule has 0 saturated heterocycles. The summed E-state index contributed by atoms with van der Waals surface area (Å²) in [5, 5.41) is 5.08. The second-order valence-electron chi connectivity index (χ2n) is 5.61. The molecule has 1 unspecified atom stereocenters. The van der Waals surface area contributed by atoms with Gasteiger partial charge in [0.15, 0.2) is 0 Å². The average Bonchev–Trinajstić information content (AvgIpc) is 2.52. The number of nitrogens with one attached hydrogen (secondary N) is 2. The third kappa shape index (κ3) is 5.03. The van der Waals surface area contributed by atoms with Crippen molar-refractivity contribution in [2.45, 2.75) is 36.6 Å². The monoisotopic (exact) mass is 343 g/mol. The molecule has 0 heterocycles. The molecular formula is C18H21N3O2S. The van der Waals surface area contributed by atoms with Crippen molar-refractivity contribution in [2.75, 3.05) is 5.32 Å². The Morgan fingerprint density at radius 3 is 2.38 bits per heavy atom. The van der Waals surface area contributed by atoms with E-state index in [-0.39, 0.29) is 5.91 Å². The Morgan fingerprint density at radius 1 is 1.08 bits per heavy atom. The average molecular weight is 343 g/mol. The van der Waals surface area contributed by atoms with E-state index in [1.807, 2.05) is 24.3 Å². The first-order chi connectivity index (χ1) is 11.3. The topological polar surface area (TPSA) is 84.2 Å². The molecule has 126 valence electrons. The van der Waals surface area contributed by atoms with Crippen LogP contribution >= 0.6 is 11.8 Å². The number of hydrogen-bond acceptors (Lipinski definition) is 3. The van der Waals surface area contributed by atoms with Crippen LogP contribution in [0, 0.1) is 13.8 Å². The van der Waals surface area contributed by atoms with Crippen molar-refractivity contribution in [1.29, 1.82) is 0 Å². The summed E-state index contributed by atoms with van der Waals surface area (Å²) >= 11 is 1.68. The van der Waals surface area contributed by atoms with Gasteiger partial charge in [-0.2, -0.15) is 0 Å². The molecule has 0 radical (unpaired) electrons. The Bertz CT molecular complexity index is 744. The van der Waals surface area contributed by atoms with Crippen molar-refractivity contribution < 1.29 is 9.59 Å². The Kier molecular flexibility index (Phi) is 5.87. The predicted octanol–water partition coefficient (Wildman–Crippen LogP) is 3.45. The van der Waals surface area contributed by atoms with Crippen LogP contribution in [0.25, 0.3) is 0 Å². The molecule has 5 nitrogen and oxygen atoms in total. The van der Waals surface area contributed by atoms with Crippen LogP contribution in [0.5, 0.6) is 0 Å². The summed E-state index contributed by atoms with van der Waals surface area (Å²) in [6, 6.07) is 12.5. The first kappa shape index (κ1) is 17.9. The van der Waals surface area contributed by atoms with E-state index in [1.165, 1.54) is 16.0 Å². The molecular weight excluding hydrogens is 322 g/mol. The number of aryl methyl sites for hydroxylation is 2. The van der Waals surface area contributed by atoms with Crippen molar-refractivity contribution >= 4 is 29.4 Å². The van der Waals surface area contributed by atoms with Gasteiger partial charge in [0.2, 0.25) is 5.91 Å². The van der Waals surface area contributed by atoms with E-state index < -0.39 is 12.1 Å². The zero-order chi connectivity index (χ0) is 17.7. The smallest absolute Gasteiger partial charge is 0.312 e. The second-order valence-corrected chi connectivity index (χ2v) is 6.73. The minimum Gasteiger partial charge on any atom is -0.352 e. The third-order valence-corrected chi connectivity index (χ3v) is 4.61. The molecule has 0 fully saturated rings. The van der Waals surface area contributed by atoms with Crippen molar-refractivity contribution in [3.8, 4) is 0 Å². The molecule has 0 aliphatic heterocycles. The number of amides is 3. The zero-order valence-corrected chi connectivity index (χ0v) is 14.7. The van der Waals surface area contributed by atoms with E-state index in [0.29, 0.717) is 5.69 Å². The van der Waals surface area contributed by atoms with Gasteiger partial charge in [-0.3, -0.25) is 4.79 Å². The van der Waals surface area contributed by atoms with Gasteiger partial charge in [-0.05, 0) is 62.2 Å². The van der Waals surface area contributed by atoms with Crippen molar-refractivity contribution in [3.05, 3.63) is 53.6 Å². The van der Waals surface area contributed by atoms with Gasteiger partial charge in [0, 0.05) is 15.5 Å². The highest BCUT2D eigenvalue weighted by molar-refractivity contribution is 7.99. The first-order valence-corrected chi connectivity index (χ1v) is 8.39. The number of rotatable bonds is 5. The fourth-order valence-electron chi connectivity index (χ4n) is 2.08. The molecule has 0 aliphatic rings. The van der Waals surface area contributed by atoms with Gasteiger partial charge >= 0.3 is 6.03 Å². The van der Waals surface area contributed by atoms with Crippen LogP contribution in [-0.4, -0.2) is 18.0 Å². The molecule has 4 N–H and O–H groups in total. The molecule has 24 heavy (non-hydrogen) atoms. The minimum atomic E-state index is -0.724. The lowest BCUT2D eigenvalue weighted by molar-refractivity contribution is -0.117. The van der Waals surface area contributed by atoms with Crippen molar-refractivity contribution in [3.63, 3.8) is 0 Å². The number of benzene rings is 2. The first-order valence-electron chi connectivity index (χ1n) is 7.57. The molecule has 0 bridgehead atoms. The van der Waals surface area contributed by atoms with Gasteiger partial charge in [0.1, 0.15) is 6.04 Å². The van der Waals surface area contributed by atoms with Gasteiger partial charge in [0.25, 0.3) is 0 Å².